The quantitative estimate of drug-likeness (QED) is 0.589. The van der Waals surface area contributed by atoms with Gasteiger partial charge in [0.2, 0.25) is 0 Å². The molecular weight excluding hydrogens is 406 g/mol. The van der Waals surface area contributed by atoms with E-state index >= 15 is 0 Å². The molecule has 150 valence electrons. The van der Waals surface area contributed by atoms with Crippen molar-refractivity contribution >= 4 is 57.1 Å². The standard InChI is InChI=1S/C20H21N5O2S2/c1-23-8-10-24(11-9-23)22-18(26)13-25-19(27)17(29-20(25)28)12-15-7-6-14-4-2-3-5-16(14)21-15/h2-7,12H,8-11,13H2,1H3,(H,22,26)/b17-12-. The summed E-state index contributed by atoms with van der Waals surface area (Å²) in [6.07, 6.45) is 1.73. The molecule has 3 heterocycles. The van der Waals surface area contributed by atoms with E-state index in [2.05, 4.69) is 22.4 Å². The molecule has 0 atom stereocenters. The number of carbonyl (C=O) groups is 2. The molecule has 0 aliphatic carbocycles. The second kappa shape index (κ2) is 8.58. The molecule has 2 fully saturated rings. The largest absolute Gasteiger partial charge is 0.304 e. The molecule has 29 heavy (non-hydrogen) atoms. The van der Waals surface area contributed by atoms with Crippen LogP contribution >= 0.6 is 24.0 Å². The van der Waals surface area contributed by atoms with Gasteiger partial charge in [0.15, 0.2) is 0 Å². The summed E-state index contributed by atoms with van der Waals surface area (Å²) in [7, 11) is 2.05. The number of hydrogen-bond donors (Lipinski definition) is 1. The van der Waals surface area contributed by atoms with E-state index in [1.165, 1.54) is 16.7 Å². The molecule has 1 N–H and O–H groups in total. The van der Waals surface area contributed by atoms with Gasteiger partial charge in [-0.1, -0.05) is 48.2 Å². The van der Waals surface area contributed by atoms with Crippen molar-refractivity contribution in [1.82, 2.24) is 25.2 Å². The number of aromatic nitrogens is 1. The highest BCUT2D eigenvalue weighted by Gasteiger charge is 2.33. The number of likely N-dealkylation sites (N-methyl/N-ethyl adjacent to an activating group) is 1. The number of thioether (sulfide) groups is 1. The van der Waals surface area contributed by atoms with Crippen LogP contribution in [0.2, 0.25) is 0 Å². The molecule has 2 aromatic rings. The number of fused-ring (bicyclic) bond motifs is 1. The summed E-state index contributed by atoms with van der Waals surface area (Å²) in [6, 6.07) is 11.7. The third-order valence-corrected chi connectivity index (χ3v) is 6.24. The van der Waals surface area contributed by atoms with Crippen LogP contribution in [-0.2, 0) is 9.59 Å². The van der Waals surface area contributed by atoms with Gasteiger partial charge >= 0.3 is 0 Å². The van der Waals surface area contributed by atoms with Crippen LogP contribution in [0.5, 0.6) is 0 Å². The highest BCUT2D eigenvalue weighted by molar-refractivity contribution is 8.26. The summed E-state index contributed by atoms with van der Waals surface area (Å²) in [5.74, 6) is -0.501. The fraction of sp³-hybridized carbons (Fsp3) is 0.300. The number of rotatable bonds is 4. The molecule has 0 bridgehead atoms. The molecule has 0 radical (unpaired) electrons. The molecule has 2 saturated heterocycles. The van der Waals surface area contributed by atoms with E-state index in [1.54, 1.807) is 6.08 Å². The Bertz CT molecular complexity index is 1000. The zero-order chi connectivity index (χ0) is 20.4. The number of thiocarbonyl (C=S) groups is 1. The highest BCUT2D eigenvalue weighted by atomic mass is 32.2. The summed E-state index contributed by atoms with van der Waals surface area (Å²) in [5, 5.41) is 2.92. The lowest BCUT2D eigenvalue weighted by molar-refractivity contribution is -0.132. The monoisotopic (exact) mass is 427 g/mol. The Morgan fingerprint density at radius 3 is 2.76 bits per heavy atom. The number of amides is 2. The number of nitrogens with one attached hydrogen (secondary N) is 1. The molecule has 2 amide bonds. The van der Waals surface area contributed by atoms with Crippen molar-refractivity contribution in [3.63, 3.8) is 0 Å². The minimum atomic E-state index is -0.261. The van der Waals surface area contributed by atoms with Gasteiger partial charge in [0.25, 0.3) is 11.8 Å². The van der Waals surface area contributed by atoms with E-state index in [4.69, 9.17) is 12.2 Å². The number of carbonyl (C=O) groups excluding carboxylic acids is 2. The normalized spacial score (nSPS) is 20.0. The van der Waals surface area contributed by atoms with Crippen LogP contribution in [0, 0.1) is 0 Å². The van der Waals surface area contributed by atoms with Crippen molar-refractivity contribution in [3.8, 4) is 0 Å². The first-order valence-electron chi connectivity index (χ1n) is 9.34. The van der Waals surface area contributed by atoms with Crippen molar-refractivity contribution in [3.05, 3.63) is 47.0 Å². The van der Waals surface area contributed by atoms with E-state index in [9.17, 15) is 9.59 Å². The van der Waals surface area contributed by atoms with Gasteiger partial charge in [-0.15, -0.1) is 0 Å². The summed E-state index contributed by atoms with van der Waals surface area (Å²) in [5.41, 5.74) is 4.42. The molecule has 2 aliphatic rings. The van der Waals surface area contributed by atoms with Crippen LogP contribution in [0.1, 0.15) is 5.69 Å². The Hall–Kier alpha value is -2.33. The number of hydrogen-bond acceptors (Lipinski definition) is 7. The molecule has 0 spiro atoms. The predicted molar refractivity (Wildman–Crippen MR) is 119 cm³/mol. The van der Waals surface area contributed by atoms with Gasteiger partial charge in [0, 0.05) is 31.6 Å². The number of benzene rings is 1. The summed E-state index contributed by atoms with van der Waals surface area (Å²) in [4.78, 5) is 33.8. The first-order valence-corrected chi connectivity index (χ1v) is 10.6. The average Bonchev–Trinajstić information content (AvgIpc) is 2.97. The van der Waals surface area contributed by atoms with Crippen molar-refractivity contribution < 1.29 is 9.59 Å². The molecule has 9 heteroatoms. The van der Waals surface area contributed by atoms with Gasteiger partial charge in [-0.3, -0.25) is 19.9 Å². The fourth-order valence-corrected chi connectivity index (χ4v) is 4.45. The Kier molecular flexibility index (Phi) is 5.91. The van der Waals surface area contributed by atoms with E-state index in [1.807, 2.05) is 41.4 Å². The predicted octanol–water partition coefficient (Wildman–Crippen LogP) is 1.71. The first-order chi connectivity index (χ1) is 14.0. The van der Waals surface area contributed by atoms with Crippen LogP contribution in [0.3, 0.4) is 0 Å². The van der Waals surface area contributed by atoms with Gasteiger partial charge in [-0.2, -0.15) is 0 Å². The second-order valence-electron chi connectivity index (χ2n) is 7.02. The highest BCUT2D eigenvalue weighted by Crippen LogP contribution is 2.32. The topological polar surface area (TPSA) is 68.8 Å². The van der Waals surface area contributed by atoms with Crippen LogP contribution in [-0.4, -0.2) is 75.7 Å². The molecule has 4 rings (SSSR count). The van der Waals surface area contributed by atoms with Crippen molar-refractivity contribution in [1.29, 1.82) is 0 Å². The Labute approximate surface area is 178 Å². The molecule has 7 nitrogen and oxygen atoms in total. The van der Waals surface area contributed by atoms with Crippen LogP contribution in [0.25, 0.3) is 17.0 Å². The van der Waals surface area contributed by atoms with Gasteiger partial charge in [0.1, 0.15) is 10.9 Å². The lowest BCUT2D eigenvalue weighted by atomic mass is 10.2. The second-order valence-corrected chi connectivity index (χ2v) is 8.70. The molecule has 0 saturated carbocycles. The summed E-state index contributed by atoms with van der Waals surface area (Å²) in [6.45, 7) is 3.22. The van der Waals surface area contributed by atoms with E-state index in [-0.39, 0.29) is 18.4 Å². The average molecular weight is 428 g/mol. The third kappa shape index (κ3) is 4.64. The third-order valence-electron chi connectivity index (χ3n) is 4.86. The molecule has 1 aromatic heterocycles. The summed E-state index contributed by atoms with van der Waals surface area (Å²) >= 11 is 6.53. The fourth-order valence-electron chi connectivity index (χ4n) is 3.21. The maximum atomic E-state index is 12.8. The molecular formula is C20H21N5O2S2. The van der Waals surface area contributed by atoms with Gasteiger partial charge in [0.05, 0.1) is 16.1 Å². The Morgan fingerprint density at radius 1 is 1.21 bits per heavy atom. The van der Waals surface area contributed by atoms with Crippen LogP contribution < -0.4 is 5.43 Å². The van der Waals surface area contributed by atoms with Crippen LogP contribution in [0.15, 0.2) is 41.3 Å². The van der Waals surface area contributed by atoms with Crippen LogP contribution in [0.4, 0.5) is 0 Å². The molecule has 0 unspecified atom stereocenters. The van der Waals surface area contributed by atoms with E-state index < -0.39 is 0 Å². The number of pyridine rings is 1. The minimum Gasteiger partial charge on any atom is -0.304 e. The van der Waals surface area contributed by atoms with Crippen molar-refractivity contribution in [2.45, 2.75) is 0 Å². The van der Waals surface area contributed by atoms with Crippen molar-refractivity contribution in [2.75, 3.05) is 39.8 Å². The Morgan fingerprint density at radius 2 is 1.97 bits per heavy atom. The number of hydrazine groups is 1. The molecule has 2 aliphatic heterocycles. The number of piperazine rings is 1. The zero-order valence-corrected chi connectivity index (χ0v) is 17.6. The lowest BCUT2D eigenvalue weighted by Gasteiger charge is -2.32. The number of para-hydroxylation sites is 1. The van der Waals surface area contributed by atoms with E-state index in [0.29, 0.717) is 14.9 Å². The first kappa shape index (κ1) is 20.0. The van der Waals surface area contributed by atoms with Crippen molar-refractivity contribution in [2.24, 2.45) is 0 Å². The molecule has 1 aromatic carbocycles. The van der Waals surface area contributed by atoms with Gasteiger partial charge in [-0.25, -0.2) is 9.99 Å². The minimum absolute atomic E-state index is 0.0838. The zero-order valence-electron chi connectivity index (χ0n) is 16.0. The number of nitrogens with zero attached hydrogens (tertiary/aromatic N) is 4. The van der Waals surface area contributed by atoms with Gasteiger partial charge in [-0.05, 0) is 25.3 Å². The lowest BCUT2D eigenvalue weighted by Crippen LogP contribution is -2.54. The SMILES string of the molecule is CN1CCN(NC(=O)CN2C(=O)/C(=C/c3ccc4ccccc4n3)SC2=S)CC1. The maximum Gasteiger partial charge on any atom is 0.266 e. The smallest absolute Gasteiger partial charge is 0.266 e. The maximum absolute atomic E-state index is 12.8. The Balaban J connectivity index is 1.42. The summed E-state index contributed by atoms with van der Waals surface area (Å²) < 4.78 is 0.385. The van der Waals surface area contributed by atoms with Gasteiger partial charge < -0.3 is 4.90 Å². The van der Waals surface area contributed by atoms with E-state index in [0.717, 1.165) is 37.1 Å².